The minimum atomic E-state index is -0.0978. The van der Waals surface area contributed by atoms with Gasteiger partial charge in [-0.15, -0.1) is 0 Å². The third kappa shape index (κ3) is 8.85. The Balaban J connectivity index is 1.32. The number of nitrogens with zero attached hydrogens (tertiary/aromatic N) is 3. The number of nitrogens with one attached hydrogen (secondary N) is 2. The average Bonchev–Trinajstić information content (AvgIpc) is 3.04. The number of pyridine rings is 1. The second-order valence-corrected chi connectivity index (χ2v) is 12.6. The highest BCUT2D eigenvalue weighted by Crippen LogP contribution is 2.29. The maximum atomic E-state index is 13.2. The molecule has 1 aliphatic heterocycles. The van der Waals surface area contributed by atoms with E-state index >= 15 is 0 Å². The third-order valence-corrected chi connectivity index (χ3v) is 9.31. The summed E-state index contributed by atoms with van der Waals surface area (Å²) in [4.78, 5) is 35.3. The van der Waals surface area contributed by atoms with Crippen molar-refractivity contribution in [3.63, 3.8) is 0 Å². The maximum absolute atomic E-state index is 13.2. The first-order valence-electron chi connectivity index (χ1n) is 16.4. The number of rotatable bonds is 13. The van der Waals surface area contributed by atoms with Crippen molar-refractivity contribution in [1.29, 1.82) is 0 Å². The average molecular weight is 614 g/mol. The zero-order chi connectivity index (χ0) is 32.5. The molecule has 4 rings (SSSR count). The molecule has 2 atom stereocenters. The molecule has 1 aromatic heterocycles. The van der Waals surface area contributed by atoms with Crippen LogP contribution in [0.25, 0.3) is 0 Å². The van der Waals surface area contributed by atoms with Crippen LogP contribution in [0.15, 0.2) is 54.9 Å². The van der Waals surface area contributed by atoms with Crippen molar-refractivity contribution in [2.75, 3.05) is 31.6 Å². The minimum Gasteiger partial charge on any atom is -0.497 e. The zero-order valence-corrected chi connectivity index (χ0v) is 28.2. The monoisotopic (exact) mass is 613 g/mol. The quantitative estimate of drug-likeness (QED) is 0.238. The van der Waals surface area contributed by atoms with E-state index in [9.17, 15) is 9.59 Å². The van der Waals surface area contributed by atoms with Crippen molar-refractivity contribution < 1.29 is 14.3 Å². The van der Waals surface area contributed by atoms with Gasteiger partial charge in [0, 0.05) is 73.5 Å². The van der Waals surface area contributed by atoms with Gasteiger partial charge in [-0.05, 0) is 125 Å². The molecule has 1 saturated heterocycles. The van der Waals surface area contributed by atoms with E-state index in [0.717, 1.165) is 62.2 Å². The number of amides is 2. The molecule has 45 heavy (non-hydrogen) atoms. The van der Waals surface area contributed by atoms with Gasteiger partial charge >= 0.3 is 0 Å². The van der Waals surface area contributed by atoms with Crippen LogP contribution in [-0.4, -0.2) is 66.6 Å². The molecule has 0 radical (unpaired) electrons. The van der Waals surface area contributed by atoms with Crippen LogP contribution >= 0.6 is 0 Å². The fourth-order valence-corrected chi connectivity index (χ4v) is 6.22. The van der Waals surface area contributed by atoms with E-state index in [1.165, 1.54) is 16.8 Å². The van der Waals surface area contributed by atoms with Crippen LogP contribution in [0.4, 0.5) is 5.69 Å². The van der Waals surface area contributed by atoms with E-state index in [-0.39, 0.29) is 17.9 Å². The minimum absolute atomic E-state index is 0.0781. The summed E-state index contributed by atoms with van der Waals surface area (Å²) < 4.78 is 5.41. The summed E-state index contributed by atoms with van der Waals surface area (Å²) in [5.41, 5.74) is 6.59. The smallest absolute Gasteiger partial charge is 0.251 e. The predicted octanol–water partition coefficient (Wildman–Crippen LogP) is 6.22. The molecule has 242 valence electrons. The summed E-state index contributed by atoms with van der Waals surface area (Å²) in [6.07, 6.45) is 7.72. The van der Waals surface area contributed by atoms with Gasteiger partial charge in [-0.25, -0.2) is 0 Å². The van der Waals surface area contributed by atoms with E-state index in [1.54, 1.807) is 7.11 Å². The van der Waals surface area contributed by atoms with E-state index < -0.39 is 0 Å². The number of aromatic nitrogens is 1. The van der Waals surface area contributed by atoms with E-state index in [4.69, 9.17) is 4.74 Å². The Bertz CT molecular complexity index is 1410. The van der Waals surface area contributed by atoms with E-state index in [2.05, 4.69) is 57.5 Å². The van der Waals surface area contributed by atoms with Crippen molar-refractivity contribution in [3.8, 4) is 5.75 Å². The molecule has 0 bridgehead atoms. The topological polar surface area (TPSA) is 86.8 Å². The summed E-state index contributed by atoms with van der Waals surface area (Å²) >= 11 is 0. The standard InChI is InChI=1S/C37H51N5O3/c1-8-28(5)40-36(43)30-21-26(3)35(27(4)22-30)37(44)39-18-14-29(6)41-19-15-33(16-20-41)42(24-31-23-38-17-13-25(31)2)32-9-11-34(45-7)12-10-32/h9-13,17,21-23,28-29,33H,8,14-16,18-20,24H2,1-7H3,(H,39,44)(H,40,43). The van der Waals surface area contributed by atoms with E-state index in [1.807, 2.05) is 64.4 Å². The summed E-state index contributed by atoms with van der Waals surface area (Å²) in [6.45, 7) is 15.7. The van der Waals surface area contributed by atoms with Crippen LogP contribution in [0.3, 0.4) is 0 Å². The number of hydrogen-bond donors (Lipinski definition) is 2. The van der Waals surface area contributed by atoms with Crippen molar-refractivity contribution in [2.45, 2.75) is 91.9 Å². The van der Waals surface area contributed by atoms with Crippen LogP contribution in [-0.2, 0) is 6.54 Å². The second-order valence-electron chi connectivity index (χ2n) is 12.6. The Morgan fingerprint density at radius 3 is 2.27 bits per heavy atom. The van der Waals surface area contributed by atoms with Crippen LogP contribution in [0, 0.1) is 20.8 Å². The fraction of sp³-hybridized carbons (Fsp3) is 0.486. The Morgan fingerprint density at radius 2 is 1.67 bits per heavy atom. The molecular formula is C37H51N5O3. The number of hydrogen-bond acceptors (Lipinski definition) is 6. The van der Waals surface area contributed by atoms with Gasteiger partial charge in [0.25, 0.3) is 11.8 Å². The number of methoxy groups -OCH3 is 1. The van der Waals surface area contributed by atoms with Crippen LogP contribution in [0.1, 0.15) is 89.4 Å². The zero-order valence-electron chi connectivity index (χ0n) is 28.2. The largest absolute Gasteiger partial charge is 0.497 e. The van der Waals surface area contributed by atoms with Gasteiger partial charge in [0.05, 0.1) is 7.11 Å². The SMILES string of the molecule is CCC(C)NC(=O)c1cc(C)c(C(=O)NCCC(C)N2CCC(N(Cc3cnccc3C)c3ccc(OC)cc3)CC2)c(C)c1. The number of benzene rings is 2. The Labute approximate surface area is 269 Å². The number of likely N-dealkylation sites (tertiary alicyclic amines) is 1. The molecule has 2 aromatic carbocycles. The Kier molecular flexibility index (Phi) is 12.0. The fourth-order valence-electron chi connectivity index (χ4n) is 6.22. The predicted molar refractivity (Wildman–Crippen MR) is 182 cm³/mol. The molecule has 2 N–H and O–H groups in total. The maximum Gasteiger partial charge on any atom is 0.251 e. The number of carbonyl (C=O) groups is 2. The molecule has 8 heteroatoms. The molecule has 3 aromatic rings. The molecule has 2 unspecified atom stereocenters. The third-order valence-electron chi connectivity index (χ3n) is 9.31. The molecule has 0 aliphatic carbocycles. The summed E-state index contributed by atoms with van der Waals surface area (Å²) in [5, 5.41) is 6.15. The van der Waals surface area contributed by atoms with Gasteiger partial charge in [-0.2, -0.15) is 0 Å². The molecular weight excluding hydrogens is 562 g/mol. The molecule has 0 spiro atoms. The van der Waals surface area contributed by atoms with Crippen LogP contribution in [0.5, 0.6) is 5.75 Å². The van der Waals surface area contributed by atoms with Crippen LogP contribution in [0.2, 0.25) is 0 Å². The van der Waals surface area contributed by atoms with Gasteiger partial charge in [-0.3, -0.25) is 14.6 Å². The summed E-state index contributed by atoms with van der Waals surface area (Å²) in [5.74, 6) is 0.684. The summed E-state index contributed by atoms with van der Waals surface area (Å²) in [6, 6.07) is 15.0. The van der Waals surface area contributed by atoms with Gasteiger partial charge in [0.2, 0.25) is 0 Å². The van der Waals surface area contributed by atoms with Gasteiger partial charge in [0.1, 0.15) is 5.75 Å². The molecule has 2 heterocycles. The summed E-state index contributed by atoms with van der Waals surface area (Å²) in [7, 11) is 1.70. The van der Waals surface area contributed by atoms with Crippen LogP contribution < -0.4 is 20.3 Å². The highest BCUT2D eigenvalue weighted by atomic mass is 16.5. The van der Waals surface area contributed by atoms with E-state index in [0.29, 0.717) is 29.8 Å². The molecule has 2 amide bonds. The molecule has 1 aliphatic rings. The lowest BCUT2D eigenvalue weighted by Crippen LogP contribution is -2.48. The second kappa shape index (κ2) is 15.9. The van der Waals surface area contributed by atoms with Crippen molar-refractivity contribution in [3.05, 3.63) is 88.2 Å². The van der Waals surface area contributed by atoms with Crippen molar-refractivity contribution in [2.24, 2.45) is 0 Å². The number of carbonyl (C=O) groups excluding carboxylic acids is 2. The molecule has 0 saturated carbocycles. The first kappa shape index (κ1) is 34.0. The first-order valence-corrected chi connectivity index (χ1v) is 16.4. The van der Waals surface area contributed by atoms with Crippen molar-refractivity contribution >= 4 is 17.5 Å². The molecule has 1 fully saturated rings. The van der Waals surface area contributed by atoms with Crippen molar-refractivity contribution in [1.82, 2.24) is 20.5 Å². The number of ether oxygens (including phenoxy) is 1. The van der Waals surface area contributed by atoms with Gasteiger partial charge in [-0.1, -0.05) is 6.92 Å². The van der Waals surface area contributed by atoms with Gasteiger partial charge < -0.3 is 25.2 Å². The first-order chi connectivity index (χ1) is 21.6. The highest BCUT2D eigenvalue weighted by Gasteiger charge is 2.28. The normalized spacial score (nSPS) is 15.3. The Morgan fingerprint density at radius 1 is 1.00 bits per heavy atom. The number of anilines is 1. The lowest BCUT2D eigenvalue weighted by molar-refractivity contribution is 0.0928. The van der Waals surface area contributed by atoms with Gasteiger partial charge in [0.15, 0.2) is 0 Å². The molecule has 8 nitrogen and oxygen atoms in total. The number of aryl methyl sites for hydroxylation is 3. The number of piperidine rings is 1. The lowest BCUT2D eigenvalue weighted by atomic mass is 9.97. The lowest BCUT2D eigenvalue weighted by Gasteiger charge is -2.42. The Hall–Kier alpha value is -3.91. The highest BCUT2D eigenvalue weighted by molar-refractivity contribution is 6.00.